The number of rotatable bonds is 0. The van der Waals surface area contributed by atoms with Gasteiger partial charge in [-0.15, -0.1) is 10.2 Å². The molecule has 0 amide bonds. The summed E-state index contributed by atoms with van der Waals surface area (Å²) in [6.45, 7) is 2.85. The second-order valence-corrected chi connectivity index (χ2v) is 8.36. The van der Waals surface area contributed by atoms with Crippen molar-refractivity contribution in [1.82, 2.24) is 15.2 Å². The molecule has 2 aromatic rings. The number of fused-ring (bicyclic) bond motifs is 5. The number of aromatic nitrogens is 3. The van der Waals surface area contributed by atoms with Crippen molar-refractivity contribution < 1.29 is 40.7 Å². The number of nitrogens with two attached hydrogens (primary N) is 1. The molecule has 32 heavy (non-hydrogen) atoms. The van der Waals surface area contributed by atoms with Gasteiger partial charge in [-0.2, -0.15) is 26.3 Å². The van der Waals surface area contributed by atoms with Gasteiger partial charge in [-0.05, 0) is 25.3 Å². The van der Waals surface area contributed by atoms with E-state index in [4.69, 9.17) is 10.2 Å². The topological polar surface area (TPSA) is 115 Å². The maximum Gasteiger partial charge on any atom is 0.426 e. The SMILES string of the molecule is CC1(C)CCCCC[C@@](O)(C(F)(F)F)c2nnc(o2)-c2nc(c(C(F)(F)F)cc2N)C1=O. The van der Waals surface area contributed by atoms with Crippen LogP contribution in [-0.2, 0) is 11.8 Å². The quantitative estimate of drug-likeness (QED) is 0.543. The molecule has 1 aliphatic rings. The van der Waals surface area contributed by atoms with Crippen LogP contribution in [-0.4, -0.2) is 32.2 Å². The van der Waals surface area contributed by atoms with Gasteiger partial charge >= 0.3 is 12.4 Å². The molecular weight excluding hydrogens is 446 g/mol. The number of hydrogen-bond acceptors (Lipinski definition) is 7. The highest BCUT2D eigenvalue weighted by molar-refractivity contribution is 6.00. The van der Waals surface area contributed by atoms with Crippen LogP contribution in [0.1, 0.15) is 67.9 Å². The molecule has 0 aromatic carbocycles. The maximum absolute atomic E-state index is 13.6. The summed E-state index contributed by atoms with van der Waals surface area (Å²) in [5, 5.41) is 17.0. The molecule has 13 heteroatoms. The lowest BCUT2D eigenvalue weighted by atomic mass is 9.80. The summed E-state index contributed by atoms with van der Waals surface area (Å²) in [6, 6.07) is 0.456. The number of aliphatic hydroxyl groups is 1. The van der Waals surface area contributed by atoms with Crippen LogP contribution in [0, 0.1) is 5.41 Å². The summed E-state index contributed by atoms with van der Waals surface area (Å²) >= 11 is 0. The number of pyridine rings is 1. The average molecular weight is 466 g/mol. The van der Waals surface area contributed by atoms with Gasteiger partial charge in [0.2, 0.25) is 5.60 Å². The van der Waals surface area contributed by atoms with E-state index >= 15 is 0 Å². The van der Waals surface area contributed by atoms with Crippen molar-refractivity contribution in [3.63, 3.8) is 0 Å². The van der Waals surface area contributed by atoms with Crippen molar-refractivity contribution in [3.8, 4) is 11.6 Å². The van der Waals surface area contributed by atoms with Crippen molar-refractivity contribution in [2.24, 2.45) is 5.41 Å². The molecule has 1 aliphatic heterocycles. The highest BCUT2D eigenvalue weighted by Gasteiger charge is 2.58. The molecule has 0 unspecified atom stereocenters. The molecule has 4 bridgehead atoms. The van der Waals surface area contributed by atoms with Gasteiger partial charge in [-0.3, -0.25) is 4.79 Å². The first-order valence-electron chi connectivity index (χ1n) is 9.64. The molecular formula is C19H20F6N4O3. The molecule has 2 aromatic heterocycles. The number of halogens is 6. The second-order valence-electron chi connectivity index (χ2n) is 8.36. The Labute approximate surface area is 178 Å². The minimum atomic E-state index is -5.16. The molecule has 3 heterocycles. The van der Waals surface area contributed by atoms with Crippen molar-refractivity contribution >= 4 is 11.5 Å². The zero-order valence-electron chi connectivity index (χ0n) is 17.1. The van der Waals surface area contributed by atoms with Crippen LogP contribution >= 0.6 is 0 Å². The van der Waals surface area contributed by atoms with Crippen molar-refractivity contribution in [3.05, 3.63) is 23.2 Å². The molecule has 0 radical (unpaired) electrons. The monoisotopic (exact) mass is 466 g/mol. The number of carbonyl (C=O) groups is 1. The molecule has 1 atom stereocenters. The maximum atomic E-state index is 13.6. The third-order valence-corrected chi connectivity index (χ3v) is 5.48. The van der Waals surface area contributed by atoms with E-state index in [0.29, 0.717) is 6.07 Å². The van der Waals surface area contributed by atoms with Crippen LogP contribution < -0.4 is 5.73 Å². The first-order chi connectivity index (χ1) is 14.6. The summed E-state index contributed by atoms with van der Waals surface area (Å²) < 4.78 is 86.7. The number of anilines is 1. The van der Waals surface area contributed by atoms with Crippen molar-refractivity contribution in [1.29, 1.82) is 0 Å². The summed E-state index contributed by atoms with van der Waals surface area (Å²) in [7, 11) is 0. The minimum Gasteiger partial charge on any atom is -0.416 e. The highest BCUT2D eigenvalue weighted by atomic mass is 19.4. The van der Waals surface area contributed by atoms with E-state index in [1.807, 2.05) is 0 Å². The van der Waals surface area contributed by atoms with Crippen molar-refractivity contribution in [2.75, 3.05) is 5.73 Å². The smallest absolute Gasteiger partial charge is 0.416 e. The summed E-state index contributed by atoms with van der Waals surface area (Å²) in [5.74, 6) is -2.85. The fourth-order valence-corrected chi connectivity index (χ4v) is 3.50. The first kappa shape index (κ1) is 24.0. The van der Waals surface area contributed by atoms with Crippen LogP contribution in [0.15, 0.2) is 10.5 Å². The number of ketones is 1. The number of nitrogen functional groups attached to an aromatic ring is 1. The van der Waals surface area contributed by atoms with Gasteiger partial charge in [-0.25, -0.2) is 4.98 Å². The van der Waals surface area contributed by atoms with Crippen LogP contribution in [0.4, 0.5) is 32.0 Å². The third-order valence-electron chi connectivity index (χ3n) is 5.48. The predicted molar refractivity (Wildman–Crippen MR) is 98.1 cm³/mol. The van der Waals surface area contributed by atoms with Gasteiger partial charge in [0.25, 0.3) is 11.8 Å². The molecule has 0 aliphatic carbocycles. The van der Waals surface area contributed by atoms with Gasteiger partial charge in [0.15, 0.2) is 11.5 Å². The van der Waals surface area contributed by atoms with E-state index in [1.54, 1.807) is 0 Å². The van der Waals surface area contributed by atoms with Gasteiger partial charge in [0, 0.05) is 5.41 Å². The number of hydrogen-bond donors (Lipinski definition) is 2. The fourth-order valence-electron chi connectivity index (χ4n) is 3.50. The predicted octanol–water partition coefficient (Wildman–Crippen LogP) is 4.66. The Hall–Kier alpha value is -2.70. The number of Topliss-reactive ketones (excluding diaryl/α,β-unsaturated/α-hetero) is 1. The van der Waals surface area contributed by atoms with Gasteiger partial charge in [0.1, 0.15) is 5.69 Å². The summed E-state index contributed by atoms with van der Waals surface area (Å²) in [5.41, 5.74) is -2.66. The average Bonchev–Trinajstić information content (AvgIpc) is 3.14. The number of alkyl halides is 6. The third kappa shape index (κ3) is 4.17. The minimum absolute atomic E-state index is 0.0906. The van der Waals surface area contributed by atoms with E-state index in [0.717, 1.165) is 0 Å². The molecule has 0 saturated heterocycles. The molecule has 0 fully saturated rings. The van der Waals surface area contributed by atoms with Crippen LogP contribution in [0.25, 0.3) is 11.6 Å². The molecule has 0 spiro atoms. The Kier molecular flexibility index (Phi) is 5.77. The fraction of sp³-hybridized carbons (Fsp3) is 0.579. The van der Waals surface area contributed by atoms with E-state index in [9.17, 15) is 36.2 Å². The summed E-state index contributed by atoms with van der Waals surface area (Å²) in [6.07, 6.45) is -10.5. The second kappa shape index (κ2) is 7.71. The lowest BCUT2D eigenvalue weighted by Crippen LogP contribution is -2.42. The lowest BCUT2D eigenvalue weighted by molar-refractivity contribution is -0.277. The normalized spacial score (nSPS) is 22.5. The lowest BCUT2D eigenvalue weighted by Gasteiger charge is -2.28. The molecule has 3 rings (SSSR count). The Morgan fingerprint density at radius 2 is 1.66 bits per heavy atom. The zero-order chi connectivity index (χ0) is 24.1. The first-order valence-corrected chi connectivity index (χ1v) is 9.64. The zero-order valence-corrected chi connectivity index (χ0v) is 17.1. The molecule has 3 N–H and O–H groups in total. The van der Waals surface area contributed by atoms with Gasteiger partial charge < -0.3 is 15.3 Å². The largest absolute Gasteiger partial charge is 0.426 e. The van der Waals surface area contributed by atoms with Crippen LogP contribution in [0.2, 0.25) is 0 Å². The standard InChI is InChI=1S/C19H20F6N4O3/c1-16(2)6-4-3-5-7-17(31,19(23,24)25)15-29-28-14(32-15)12-10(26)8-9(18(20,21)22)11(27-12)13(16)30/h8,31H,3-7,26H2,1-2H3/t17-/m0/s1. The Balaban J connectivity index is 2.27. The van der Waals surface area contributed by atoms with E-state index in [1.165, 1.54) is 13.8 Å². The molecule has 0 saturated carbocycles. The molecule has 176 valence electrons. The highest BCUT2D eigenvalue weighted by Crippen LogP contribution is 2.44. The van der Waals surface area contributed by atoms with E-state index in [-0.39, 0.29) is 25.7 Å². The number of carbonyl (C=O) groups excluding carboxylic acids is 1. The van der Waals surface area contributed by atoms with E-state index in [2.05, 4.69) is 15.2 Å². The Bertz CT molecular complexity index is 1030. The van der Waals surface area contributed by atoms with Crippen LogP contribution in [0.5, 0.6) is 0 Å². The Morgan fingerprint density at radius 1 is 1.03 bits per heavy atom. The van der Waals surface area contributed by atoms with Crippen LogP contribution in [0.3, 0.4) is 0 Å². The van der Waals surface area contributed by atoms with Gasteiger partial charge in [0.05, 0.1) is 11.3 Å². The molecule has 7 nitrogen and oxygen atoms in total. The summed E-state index contributed by atoms with van der Waals surface area (Å²) in [4.78, 5) is 16.7. The van der Waals surface area contributed by atoms with Gasteiger partial charge in [-0.1, -0.05) is 26.7 Å². The Morgan fingerprint density at radius 3 is 2.25 bits per heavy atom. The van der Waals surface area contributed by atoms with Crippen molar-refractivity contribution in [2.45, 2.75) is 63.9 Å². The van der Waals surface area contributed by atoms with E-state index < -0.39 is 70.0 Å². The number of nitrogens with zero attached hydrogens (tertiary/aromatic N) is 3.